The molecule has 0 aliphatic carbocycles. The molecular formula is C25H33Cl2N3O4S. The summed E-state index contributed by atoms with van der Waals surface area (Å²) in [5, 5.41) is 3.61. The van der Waals surface area contributed by atoms with Crippen LogP contribution in [-0.2, 0) is 26.2 Å². The summed E-state index contributed by atoms with van der Waals surface area (Å²) < 4.78 is 26.3. The minimum Gasteiger partial charge on any atom is -0.350 e. The lowest BCUT2D eigenvalue weighted by Gasteiger charge is -2.34. The van der Waals surface area contributed by atoms with Gasteiger partial charge < -0.3 is 10.2 Å². The van der Waals surface area contributed by atoms with Crippen molar-refractivity contribution in [2.45, 2.75) is 59.2 Å². The molecule has 35 heavy (non-hydrogen) atoms. The van der Waals surface area contributed by atoms with Crippen molar-refractivity contribution in [2.75, 3.05) is 17.1 Å². The molecule has 0 spiro atoms. The number of halogens is 2. The lowest BCUT2D eigenvalue weighted by atomic mass is 10.1. The van der Waals surface area contributed by atoms with E-state index in [1.807, 2.05) is 33.8 Å². The van der Waals surface area contributed by atoms with Crippen molar-refractivity contribution in [2.24, 2.45) is 0 Å². The van der Waals surface area contributed by atoms with Gasteiger partial charge in [0.05, 0.1) is 22.0 Å². The zero-order chi connectivity index (χ0) is 26.6. The second kappa shape index (κ2) is 11.6. The zero-order valence-electron chi connectivity index (χ0n) is 20.9. The van der Waals surface area contributed by atoms with E-state index in [0.29, 0.717) is 27.7 Å². The van der Waals surface area contributed by atoms with Crippen molar-refractivity contribution < 1.29 is 18.0 Å². The van der Waals surface area contributed by atoms with Gasteiger partial charge in [-0.15, -0.1) is 0 Å². The molecule has 0 aromatic heterocycles. The van der Waals surface area contributed by atoms with E-state index in [2.05, 4.69) is 5.32 Å². The Morgan fingerprint density at radius 3 is 2.23 bits per heavy atom. The SMILES string of the molecule is CC[C@@H](C(=O)NC(C)(C)C)N(Cc1ccc(Cl)c(Cl)c1)C(=O)CN(c1cccc(C)c1)S(C)(=O)=O. The summed E-state index contributed by atoms with van der Waals surface area (Å²) in [4.78, 5) is 28.2. The lowest BCUT2D eigenvalue weighted by Crippen LogP contribution is -2.55. The number of amides is 2. The summed E-state index contributed by atoms with van der Waals surface area (Å²) >= 11 is 12.2. The van der Waals surface area contributed by atoms with Crippen molar-refractivity contribution in [1.82, 2.24) is 10.2 Å². The van der Waals surface area contributed by atoms with Gasteiger partial charge in [-0.2, -0.15) is 0 Å². The smallest absolute Gasteiger partial charge is 0.244 e. The van der Waals surface area contributed by atoms with Crippen LogP contribution < -0.4 is 9.62 Å². The molecule has 0 aliphatic rings. The van der Waals surface area contributed by atoms with Gasteiger partial charge in [-0.25, -0.2) is 8.42 Å². The van der Waals surface area contributed by atoms with Crippen molar-refractivity contribution in [3.05, 3.63) is 63.6 Å². The van der Waals surface area contributed by atoms with Crippen molar-refractivity contribution >= 4 is 50.7 Å². The van der Waals surface area contributed by atoms with Crippen LogP contribution >= 0.6 is 23.2 Å². The summed E-state index contributed by atoms with van der Waals surface area (Å²) in [7, 11) is -3.78. The van der Waals surface area contributed by atoms with Gasteiger partial charge in [0.2, 0.25) is 21.8 Å². The average Bonchev–Trinajstić information content (AvgIpc) is 2.72. The van der Waals surface area contributed by atoms with Gasteiger partial charge in [0.1, 0.15) is 12.6 Å². The Morgan fingerprint density at radius 1 is 1.06 bits per heavy atom. The number of nitrogens with one attached hydrogen (secondary N) is 1. The molecule has 2 aromatic carbocycles. The number of nitrogens with zero attached hydrogens (tertiary/aromatic N) is 2. The molecule has 1 N–H and O–H groups in total. The fourth-order valence-corrected chi connectivity index (χ4v) is 4.77. The number of anilines is 1. The lowest BCUT2D eigenvalue weighted by molar-refractivity contribution is -0.141. The van der Waals surface area contributed by atoms with Crippen molar-refractivity contribution in [3.8, 4) is 0 Å². The van der Waals surface area contributed by atoms with Crippen LogP contribution in [0.15, 0.2) is 42.5 Å². The molecule has 10 heteroatoms. The van der Waals surface area contributed by atoms with Crippen LogP contribution in [0.2, 0.25) is 10.0 Å². The van der Waals surface area contributed by atoms with Crippen LogP contribution in [0.25, 0.3) is 0 Å². The number of rotatable bonds is 9. The second-order valence-corrected chi connectivity index (χ2v) is 12.3. The maximum absolute atomic E-state index is 13.7. The number of aryl methyl sites for hydroxylation is 1. The minimum absolute atomic E-state index is 0.0528. The number of benzene rings is 2. The normalized spacial score (nSPS) is 12.7. The monoisotopic (exact) mass is 541 g/mol. The number of sulfonamides is 1. The molecule has 192 valence electrons. The van der Waals surface area contributed by atoms with Crippen LogP contribution in [0, 0.1) is 6.92 Å². The van der Waals surface area contributed by atoms with Crippen molar-refractivity contribution in [1.29, 1.82) is 0 Å². The predicted molar refractivity (Wildman–Crippen MR) is 142 cm³/mol. The molecule has 2 amide bonds. The van der Waals surface area contributed by atoms with Crippen LogP contribution in [0.3, 0.4) is 0 Å². The summed E-state index contributed by atoms with van der Waals surface area (Å²) in [6, 6.07) is 11.0. The van der Waals surface area contributed by atoms with Gasteiger partial charge in [-0.3, -0.25) is 13.9 Å². The Labute approximate surface area is 218 Å². The van der Waals surface area contributed by atoms with Crippen LogP contribution in [-0.4, -0.2) is 49.5 Å². The van der Waals surface area contributed by atoms with E-state index in [4.69, 9.17) is 23.2 Å². The van der Waals surface area contributed by atoms with Crippen LogP contribution in [0.5, 0.6) is 0 Å². The first-order valence-electron chi connectivity index (χ1n) is 11.2. The molecule has 7 nitrogen and oxygen atoms in total. The highest BCUT2D eigenvalue weighted by atomic mass is 35.5. The Kier molecular flexibility index (Phi) is 9.62. The number of carbonyl (C=O) groups is 2. The van der Waals surface area contributed by atoms with Gasteiger partial charge in [0, 0.05) is 12.1 Å². The molecule has 0 unspecified atom stereocenters. The van der Waals surface area contributed by atoms with E-state index in [-0.39, 0.29) is 12.5 Å². The second-order valence-electron chi connectivity index (χ2n) is 9.54. The summed E-state index contributed by atoms with van der Waals surface area (Å²) in [5.74, 6) is -0.839. The Balaban J connectivity index is 2.48. The zero-order valence-corrected chi connectivity index (χ0v) is 23.3. The first-order chi connectivity index (χ1) is 16.1. The third-order valence-corrected chi connectivity index (χ3v) is 7.07. The highest BCUT2D eigenvalue weighted by Crippen LogP contribution is 2.25. The highest BCUT2D eigenvalue weighted by molar-refractivity contribution is 7.92. The molecule has 0 saturated carbocycles. The predicted octanol–water partition coefficient (Wildman–Crippen LogP) is 4.79. The van der Waals surface area contributed by atoms with Gasteiger partial charge in [0.15, 0.2) is 0 Å². The quantitative estimate of drug-likeness (QED) is 0.494. The Hall–Kier alpha value is -2.29. The topological polar surface area (TPSA) is 86.8 Å². The fourth-order valence-electron chi connectivity index (χ4n) is 3.60. The largest absolute Gasteiger partial charge is 0.350 e. The summed E-state index contributed by atoms with van der Waals surface area (Å²) in [5.41, 5.74) is 1.38. The molecular weight excluding hydrogens is 509 g/mol. The Bertz CT molecular complexity index is 1180. The molecule has 2 aromatic rings. The fraction of sp³-hybridized carbons (Fsp3) is 0.440. The minimum atomic E-state index is -3.78. The third kappa shape index (κ3) is 8.40. The van der Waals surface area contributed by atoms with Gasteiger partial charge >= 0.3 is 0 Å². The van der Waals surface area contributed by atoms with Gasteiger partial charge in [-0.1, -0.05) is 48.3 Å². The molecule has 1 atom stereocenters. The molecule has 0 radical (unpaired) electrons. The van der Waals surface area contributed by atoms with E-state index in [9.17, 15) is 18.0 Å². The molecule has 0 bridgehead atoms. The number of carbonyl (C=O) groups excluding carboxylic acids is 2. The van der Waals surface area contributed by atoms with Crippen molar-refractivity contribution in [3.63, 3.8) is 0 Å². The molecule has 0 aliphatic heterocycles. The van der Waals surface area contributed by atoms with Gasteiger partial charge in [0.25, 0.3) is 0 Å². The average molecular weight is 543 g/mol. The van der Waals surface area contributed by atoms with E-state index in [0.717, 1.165) is 16.1 Å². The van der Waals surface area contributed by atoms with E-state index >= 15 is 0 Å². The van der Waals surface area contributed by atoms with Crippen LogP contribution in [0.4, 0.5) is 5.69 Å². The number of hydrogen-bond acceptors (Lipinski definition) is 4. The summed E-state index contributed by atoms with van der Waals surface area (Å²) in [6.07, 6.45) is 1.38. The molecule has 2 rings (SSSR count). The van der Waals surface area contributed by atoms with E-state index in [1.54, 1.807) is 43.3 Å². The summed E-state index contributed by atoms with van der Waals surface area (Å²) in [6.45, 7) is 8.80. The number of hydrogen-bond donors (Lipinski definition) is 1. The van der Waals surface area contributed by atoms with E-state index < -0.39 is 34.1 Å². The van der Waals surface area contributed by atoms with Gasteiger partial charge in [-0.05, 0) is 69.5 Å². The third-order valence-electron chi connectivity index (χ3n) is 5.19. The standard InChI is InChI=1S/C25H33Cl2N3O4S/c1-7-22(24(32)28-25(3,4)5)29(15-18-11-12-20(26)21(27)14-18)23(31)16-30(35(6,33)34)19-10-8-9-17(2)13-19/h8-14,22H,7,15-16H2,1-6H3,(H,28,32)/t22-/m0/s1. The van der Waals surface area contributed by atoms with E-state index in [1.165, 1.54) is 4.90 Å². The molecule has 0 saturated heterocycles. The molecule has 0 heterocycles. The maximum atomic E-state index is 13.7. The highest BCUT2D eigenvalue weighted by Gasteiger charge is 2.33. The Morgan fingerprint density at radius 2 is 1.71 bits per heavy atom. The first-order valence-corrected chi connectivity index (χ1v) is 13.8. The maximum Gasteiger partial charge on any atom is 0.244 e. The van der Waals surface area contributed by atoms with Crippen LogP contribution in [0.1, 0.15) is 45.2 Å². The molecule has 0 fully saturated rings. The first kappa shape index (κ1) is 28.9.